The zero-order valence-electron chi connectivity index (χ0n) is 12.6. The Kier molecular flexibility index (Phi) is 5.61. The van der Waals surface area contributed by atoms with Crippen LogP contribution in [0.5, 0.6) is 0 Å². The number of aliphatic hydroxyl groups is 1. The van der Waals surface area contributed by atoms with Crippen LogP contribution in [0.2, 0.25) is 0 Å². The van der Waals surface area contributed by atoms with Crippen molar-refractivity contribution in [2.75, 3.05) is 19.8 Å². The summed E-state index contributed by atoms with van der Waals surface area (Å²) in [4.78, 5) is 6.45. The van der Waals surface area contributed by atoms with Gasteiger partial charge in [-0.2, -0.15) is 0 Å². The third kappa shape index (κ3) is 4.16. The Morgan fingerprint density at radius 3 is 3.00 bits per heavy atom. The predicted octanol–water partition coefficient (Wildman–Crippen LogP) is 2.97. The number of aliphatic hydroxyl groups excluding tert-OH is 1. The van der Waals surface area contributed by atoms with Crippen LogP contribution in [0.3, 0.4) is 0 Å². The lowest BCUT2D eigenvalue weighted by molar-refractivity contribution is 0.000760. The molecule has 22 heavy (non-hydrogen) atoms. The molecular formula is C16H22N2O3S. The maximum atomic E-state index is 9.24. The van der Waals surface area contributed by atoms with Gasteiger partial charge in [0, 0.05) is 24.7 Å². The maximum absolute atomic E-state index is 9.24. The number of rotatable bonds is 7. The van der Waals surface area contributed by atoms with Crippen LogP contribution in [0, 0.1) is 0 Å². The van der Waals surface area contributed by atoms with Crippen molar-refractivity contribution in [3.63, 3.8) is 0 Å². The molecule has 0 spiro atoms. The zero-order valence-corrected chi connectivity index (χ0v) is 13.4. The average molecular weight is 322 g/mol. The first-order valence-electron chi connectivity index (χ1n) is 7.77. The molecule has 0 saturated carbocycles. The third-order valence-corrected chi connectivity index (χ3v) is 4.58. The Morgan fingerprint density at radius 2 is 2.27 bits per heavy atom. The highest BCUT2D eigenvalue weighted by Gasteiger charge is 2.20. The molecule has 120 valence electrons. The first kappa shape index (κ1) is 15.7. The van der Waals surface area contributed by atoms with E-state index in [1.807, 2.05) is 23.7 Å². The number of furan rings is 1. The van der Waals surface area contributed by atoms with Gasteiger partial charge >= 0.3 is 0 Å². The number of thiazole rings is 1. The summed E-state index contributed by atoms with van der Waals surface area (Å²) in [5.41, 5.74) is 0. The van der Waals surface area contributed by atoms with Crippen molar-refractivity contribution in [2.24, 2.45) is 0 Å². The summed E-state index contributed by atoms with van der Waals surface area (Å²) in [5.74, 6) is 1.84. The van der Waals surface area contributed by atoms with Crippen LogP contribution in [0.4, 0.5) is 0 Å². The standard InChI is InChI=1S/C16H22N2O3S/c19-8-7-18(12-16-17-6-10-22-16)11-13-4-5-15(21-13)14-3-1-2-9-20-14/h4-6,10,14,19H,1-3,7-9,11-12H2/t14-/m0/s1. The van der Waals surface area contributed by atoms with Crippen LogP contribution in [0.15, 0.2) is 28.1 Å². The van der Waals surface area contributed by atoms with E-state index in [1.54, 1.807) is 11.3 Å². The summed E-state index contributed by atoms with van der Waals surface area (Å²) in [6.45, 7) is 2.96. The van der Waals surface area contributed by atoms with Gasteiger partial charge in [-0.05, 0) is 31.4 Å². The SMILES string of the molecule is OCCN(Cc1ccc([C@@H]2CCCCO2)o1)Cc1nccs1. The lowest BCUT2D eigenvalue weighted by Gasteiger charge is -2.21. The molecule has 1 fully saturated rings. The fraction of sp³-hybridized carbons (Fsp3) is 0.562. The van der Waals surface area contributed by atoms with Gasteiger partial charge < -0.3 is 14.3 Å². The molecule has 1 atom stereocenters. The summed E-state index contributed by atoms with van der Waals surface area (Å²) >= 11 is 1.63. The van der Waals surface area contributed by atoms with Gasteiger partial charge in [0.2, 0.25) is 0 Å². The Morgan fingerprint density at radius 1 is 1.32 bits per heavy atom. The minimum atomic E-state index is 0.104. The van der Waals surface area contributed by atoms with Crippen LogP contribution >= 0.6 is 11.3 Å². The minimum absolute atomic E-state index is 0.104. The number of aromatic nitrogens is 1. The quantitative estimate of drug-likeness (QED) is 0.849. The lowest BCUT2D eigenvalue weighted by Crippen LogP contribution is -2.25. The van der Waals surface area contributed by atoms with E-state index in [9.17, 15) is 5.11 Å². The van der Waals surface area contributed by atoms with Crippen LogP contribution in [0.1, 0.15) is 41.9 Å². The summed E-state index contributed by atoms with van der Waals surface area (Å²) in [5, 5.41) is 12.3. The maximum Gasteiger partial charge on any atom is 0.133 e. The fourth-order valence-corrected chi connectivity index (χ4v) is 3.37. The van der Waals surface area contributed by atoms with Gasteiger partial charge in [0.05, 0.1) is 19.7 Å². The predicted molar refractivity (Wildman–Crippen MR) is 84.6 cm³/mol. The molecule has 1 saturated heterocycles. The largest absolute Gasteiger partial charge is 0.462 e. The fourth-order valence-electron chi connectivity index (χ4n) is 2.72. The highest BCUT2D eigenvalue weighted by atomic mass is 32.1. The molecule has 2 aromatic heterocycles. The van der Waals surface area contributed by atoms with Crippen molar-refractivity contribution in [1.29, 1.82) is 0 Å². The smallest absolute Gasteiger partial charge is 0.133 e. The second-order valence-corrected chi connectivity index (χ2v) is 6.50. The van der Waals surface area contributed by atoms with E-state index in [0.717, 1.165) is 42.5 Å². The molecule has 6 heteroatoms. The molecule has 5 nitrogen and oxygen atoms in total. The van der Waals surface area contributed by atoms with E-state index in [1.165, 1.54) is 6.42 Å². The van der Waals surface area contributed by atoms with Crippen molar-refractivity contribution in [3.05, 3.63) is 40.2 Å². The summed E-state index contributed by atoms with van der Waals surface area (Å²) < 4.78 is 11.7. The van der Waals surface area contributed by atoms with E-state index >= 15 is 0 Å². The number of nitrogens with zero attached hydrogens (tertiary/aromatic N) is 2. The number of hydrogen-bond acceptors (Lipinski definition) is 6. The van der Waals surface area contributed by atoms with Crippen molar-refractivity contribution in [2.45, 2.75) is 38.5 Å². The molecule has 0 aromatic carbocycles. The van der Waals surface area contributed by atoms with Crippen LogP contribution in [-0.4, -0.2) is 34.7 Å². The van der Waals surface area contributed by atoms with E-state index in [0.29, 0.717) is 13.1 Å². The first-order valence-corrected chi connectivity index (χ1v) is 8.65. The Balaban J connectivity index is 1.61. The van der Waals surface area contributed by atoms with Crippen LogP contribution < -0.4 is 0 Å². The molecule has 1 aliphatic heterocycles. The summed E-state index contributed by atoms with van der Waals surface area (Å²) in [6, 6.07) is 4.03. The average Bonchev–Trinajstić information content (AvgIpc) is 3.20. The van der Waals surface area contributed by atoms with Gasteiger partial charge in [-0.15, -0.1) is 11.3 Å². The van der Waals surface area contributed by atoms with Crippen molar-refractivity contribution in [3.8, 4) is 0 Å². The van der Waals surface area contributed by atoms with Gasteiger partial charge in [-0.1, -0.05) is 0 Å². The summed E-state index contributed by atoms with van der Waals surface area (Å²) in [7, 11) is 0. The molecule has 0 bridgehead atoms. The zero-order chi connectivity index (χ0) is 15.2. The van der Waals surface area contributed by atoms with Gasteiger partial charge in [0.25, 0.3) is 0 Å². The Labute approximate surface area is 134 Å². The third-order valence-electron chi connectivity index (χ3n) is 3.82. The number of ether oxygens (including phenoxy) is 1. The number of hydrogen-bond donors (Lipinski definition) is 1. The molecule has 3 rings (SSSR count). The normalized spacial score (nSPS) is 18.9. The van der Waals surface area contributed by atoms with Gasteiger partial charge in [0.15, 0.2) is 0 Å². The van der Waals surface area contributed by atoms with Crippen molar-refractivity contribution < 1.29 is 14.3 Å². The molecule has 0 aliphatic carbocycles. The molecule has 3 heterocycles. The van der Waals surface area contributed by atoms with Crippen LogP contribution in [-0.2, 0) is 17.8 Å². The molecule has 1 aliphatic rings. The van der Waals surface area contributed by atoms with Crippen molar-refractivity contribution >= 4 is 11.3 Å². The van der Waals surface area contributed by atoms with E-state index in [2.05, 4.69) is 9.88 Å². The molecular weight excluding hydrogens is 300 g/mol. The van der Waals surface area contributed by atoms with Crippen molar-refractivity contribution in [1.82, 2.24) is 9.88 Å². The second kappa shape index (κ2) is 7.87. The van der Waals surface area contributed by atoms with E-state index in [4.69, 9.17) is 9.15 Å². The Bertz CT molecular complexity index is 550. The highest BCUT2D eigenvalue weighted by Crippen LogP contribution is 2.29. The van der Waals surface area contributed by atoms with E-state index < -0.39 is 0 Å². The minimum Gasteiger partial charge on any atom is -0.462 e. The topological polar surface area (TPSA) is 58.7 Å². The molecule has 1 N–H and O–H groups in total. The van der Waals surface area contributed by atoms with Gasteiger partial charge in [-0.25, -0.2) is 4.98 Å². The monoisotopic (exact) mass is 322 g/mol. The molecule has 0 radical (unpaired) electrons. The second-order valence-electron chi connectivity index (χ2n) is 5.52. The van der Waals surface area contributed by atoms with Crippen LogP contribution in [0.25, 0.3) is 0 Å². The molecule has 0 amide bonds. The van der Waals surface area contributed by atoms with Gasteiger partial charge in [-0.3, -0.25) is 4.90 Å². The molecule has 2 aromatic rings. The summed E-state index contributed by atoms with van der Waals surface area (Å²) in [6.07, 6.45) is 5.28. The molecule has 0 unspecified atom stereocenters. The Hall–Kier alpha value is -1.21. The van der Waals surface area contributed by atoms with E-state index in [-0.39, 0.29) is 12.7 Å². The lowest BCUT2D eigenvalue weighted by atomic mass is 10.1. The highest BCUT2D eigenvalue weighted by molar-refractivity contribution is 7.09. The van der Waals surface area contributed by atoms with Gasteiger partial charge in [0.1, 0.15) is 22.6 Å². The first-order chi connectivity index (χ1) is 10.8.